The Kier molecular flexibility index (Phi) is 6.80. The van der Waals surface area contributed by atoms with E-state index in [0.717, 1.165) is 0 Å². The van der Waals surface area contributed by atoms with Crippen LogP contribution in [0.4, 0.5) is 15.3 Å². The molecule has 0 spiro atoms. The van der Waals surface area contributed by atoms with E-state index in [4.69, 9.17) is 4.74 Å². The van der Waals surface area contributed by atoms with Gasteiger partial charge in [-0.15, -0.1) is 0 Å². The van der Waals surface area contributed by atoms with Gasteiger partial charge in [0.05, 0.1) is 11.0 Å². The van der Waals surface area contributed by atoms with E-state index in [1.165, 1.54) is 43.0 Å². The number of benzene rings is 1. The highest BCUT2D eigenvalue weighted by atomic mass is 32.2. The SMILES string of the molecule is CC(=O)S[C@H]1C[C@@H](CN2C[C@H](C)NC2=O)N(C(=O)OCc2ccc([N+](=O)[O-])cc2)C1. The van der Waals surface area contributed by atoms with Crippen LogP contribution in [-0.2, 0) is 16.1 Å². The van der Waals surface area contributed by atoms with Gasteiger partial charge in [0.1, 0.15) is 6.61 Å². The van der Waals surface area contributed by atoms with E-state index in [-0.39, 0.29) is 40.8 Å². The highest BCUT2D eigenvalue weighted by molar-refractivity contribution is 8.14. The van der Waals surface area contributed by atoms with E-state index in [9.17, 15) is 24.5 Å². The number of urea groups is 1. The second kappa shape index (κ2) is 9.33. The number of likely N-dealkylation sites (tertiary alicyclic amines) is 1. The first-order valence-electron chi connectivity index (χ1n) is 9.62. The van der Waals surface area contributed by atoms with Crippen LogP contribution in [0.1, 0.15) is 25.8 Å². The molecule has 2 fully saturated rings. The summed E-state index contributed by atoms with van der Waals surface area (Å²) < 4.78 is 5.41. The molecule has 0 saturated carbocycles. The molecule has 2 saturated heterocycles. The number of nitro benzene ring substituents is 1. The van der Waals surface area contributed by atoms with Crippen molar-refractivity contribution in [1.82, 2.24) is 15.1 Å². The number of hydrogen-bond donors (Lipinski definition) is 1. The molecular formula is C19H24N4O6S. The summed E-state index contributed by atoms with van der Waals surface area (Å²) in [5.74, 6) is 0. The monoisotopic (exact) mass is 436 g/mol. The number of nitro groups is 1. The van der Waals surface area contributed by atoms with E-state index < -0.39 is 11.0 Å². The van der Waals surface area contributed by atoms with Crippen molar-refractivity contribution >= 4 is 34.7 Å². The molecule has 162 valence electrons. The maximum Gasteiger partial charge on any atom is 0.410 e. The fourth-order valence-electron chi connectivity index (χ4n) is 3.71. The van der Waals surface area contributed by atoms with Gasteiger partial charge in [0.2, 0.25) is 0 Å². The van der Waals surface area contributed by atoms with Crippen LogP contribution < -0.4 is 5.32 Å². The van der Waals surface area contributed by atoms with Crippen LogP contribution in [0.3, 0.4) is 0 Å². The standard InChI is InChI=1S/C19H24N4O6S/c1-12-8-21(18(25)20-12)9-16-7-17(30-13(2)24)10-22(16)19(26)29-11-14-3-5-15(6-4-14)23(27)28/h3-6,12,16-17H,7-11H2,1-2H3,(H,20,25)/t12-,16-,17-/m0/s1. The maximum atomic E-state index is 12.7. The van der Waals surface area contributed by atoms with Gasteiger partial charge in [0, 0.05) is 50.0 Å². The van der Waals surface area contributed by atoms with Crippen LogP contribution in [-0.4, -0.2) is 68.9 Å². The average Bonchev–Trinajstić information content (AvgIpc) is 3.21. The van der Waals surface area contributed by atoms with Gasteiger partial charge >= 0.3 is 12.1 Å². The summed E-state index contributed by atoms with van der Waals surface area (Å²) in [5, 5.41) is 13.5. The molecular weight excluding hydrogens is 412 g/mol. The summed E-state index contributed by atoms with van der Waals surface area (Å²) in [6, 6.07) is 5.42. The predicted molar refractivity (Wildman–Crippen MR) is 110 cm³/mol. The largest absolute Gasteiger partial charge is 0.445 e. The van der Waals surface area contributed by atoms with Crippen LogP contribution in [0.5, 0.6) is 0 Å². The Morgan fingerprint density at radius 1 is 1.30 bits per heavy atom. The van der Waals surface area contributed by atoms with Crippen molar-refractivity contribution in [3.8, 4) is 0 Å². The van der Waals surface area contributed by atoms with Gasteiger partial charge in [-0.2, -0.15) is 0 Å². The summed E-state index contributed by atoms with van der Waals surface area (Å²) in [6.07, 6.45) is 0.0624. The van der Waals surface area contributed by atoms with Gasteiger partial charge in [-0.3, -0.25) is 14.9 Å². The highest BCUT2D eigenvalue weighted by Crippen LogP contribution is 2.30. The second-order valence-corrected chi connectivity index (χ2v) is 8.98. The first-order valence-corrected chi connectivity index (χ1v) is 10.5. The van der Waals surface area contributed by atoms with Gasteiger partial charge in [-0.1, -0.05) is 11.8 Å². The van der Waals surface area contributed by atoms with Gasteiger partial charge in [0.25, 0.3) is 5.69 Å². The maximum absolute atomic E-state index is 12.7. The molecule has 0 radical (unpaired) electrons. The minimum absolute atomic E-state index is 0.0209. The van der Waals surface area contributed by atoms with Crippen LogP contribution in [0.2, 0.25) is 0 Å². The fourth-order valence-corrected chi connectivity index (χ4v) is 4.73. The number of hydrogen-bond acceptors (Lipinski definition) is 7. The minimum Gasteiger partial charge on any atom is -0.445 e. The molecule has 0 unspecified atom stereocenters. The summed E-state index contributed by atoms with van der Waals surface area (Å²) in [7, 11) is 0. The topological polar surface area (TPSA) is 122 Å². The van der Waals surface area contributed by atoms with Gasteiger partial charge < -0.3 is 19.9 Å². The fraction of sp³-hybridized carbons (Fsp3) is 0.526. The zero-order valence-electron chi connectivity index (χ0n) is 16.8. The summed E-state index contributed by atoms with van der Waals surface area (Å²) in [4.78, 5) is 49.8. The number of amides is 3. The van der Waals surface area contributed by atoms with Crippen LogP contribution in [0.25, 0.3) is 0 Å². The number of ether oxygens (including phenoxy) is 1. The normalized spacial score (nSPS) is 23.4. The van der Waals surface area contributed by atoms with Crippen molar-refractivity contribution < 1.29 is 24.0 Å². The van der Waals surface area contributed by atoms with Crippen LogP contribution >= 0.6 is 11.8 Å². The highest BCUT2D eigenvalue weighted by Gasteiger charge is 2.40. The van der Waals surface area contributed by atoms with Crippen molar-refractivity contribution in [3.05, 3.63) is 39.9 Å². The number of nitrogens with one attached hydrogen (secondary N) is 1. The molecule has 2 aliphatic rings. The minimum atomic E-state index is -0.530. The van der Waals surface area contributed by atoms with Gasteiger partial charge in [-0.05, 0) is 31.0 Å². The lowest BCUT2D eigenvalue weighted by atomic mass is 10.2. The van der Waals surface area contributed by atoms with Crippen molar-refractivity contribution in [2.45, 2.75) is 44.2 Å². The van der Waals surface area contributed by atoms with E-state index >= 15 is 0 Å². The molecule has 3 rings (SSSR count). The van der Waals surface area contributed by atoms with Crippen molar-refractivity contribution in [2.75, 3.05) is 19.6 Å². The zero-order chi connectivity index (χ0) is 21.8. The Morgan fingerprint density at radius 2 is 2.00 bits per heavy atom. The molecule has 30 heavy (non-hydrogen) atoms. The van der Waals surface area contributed by atoms with Crippen LogP contribution in [0.15, 0.2) is 24.3 Å². The second-order valence-electron chi connectivity index (χ2n) is 7.51. The first-order chi connectivity index (χ1) is 14.2. The number of non-ortho nitro benzene ring substituents is 1. The third kappa shape index (κ3) is 5.41. The first kappa shape index (κ1) is 21.9. The Bertz CT molecular complexity index is 833. The van der Waals surface area contributed by atoms with E-state index in [2.05, 4.69) is 5.32 Å². The van der Waals surface area contributed by atoms with Crippen LogP contribution in [0, 0.1) is 10.1 Å². The Hall–Kier alpha value is -2.82. The van der Waals surface area contributed by atoms with Gasteiger partial charge in [-0.25, -0.2) is 9.59 Å². The molecule has 1 N–H and O–H groups in total. The molecule has 11 heteroatoms. The molecule has 2 heterocycles. The van der Waals surface area contributed by atoms with E-state index in [0.29, 0.717) is 31.6 Å². The Labute approximate surface area is 178 Å². The third-order valence-electron chi connectivity index (χ3n) is 5.04. The zero-order valence-corrected chi connectivity index (χ0v) is 17.6. The summed E-state index contributed by atoms with van der Waals surface area (Å²) in [6.45, 7) is 4.68. The molecule has 0 aromatic heterocycles. The van der Waals surface area contributed by atoms with Gasteiger partial charge in [0.15, 0.2) is 5.12 Å². The molecule has 1 aromatic rings. The van der Waals surface area contributed by atoms with E-state index in [1.807, 2.05) is 6.92 Å². The van der Waals surface area contributed by atoms with Crippen molar-refractivity contribution in [3.63, 3.8) is 0 Å². The molecule has 3 atom stereocenters. The van der Waals surface area contributed by atoms with E-state index in [1.54, 1.807) is 9.80 Å². The van der Waals surface area contributed by atoms with Crippen molar-refractivity contribution in [2.24, 2.45) is 0 Å². The predicted octanol–water partition coefficient (Wildman–Crippen LogP) is 2.37. The molecule has 10 nitrogen and oxygen atoms in total. The average molecular weight is 436 g/mol. The number of nitrogens with zero attached hydrogens (tertiary/aromatic N) is 3. The smallest absolute Gasteiger partial charge is 0.410 e. The third-order valence-corrected chi connectivity index (χ3v) is 6.04. The summed E-state index contributed by atoms with van der Waals surface area (Å²) in [5.41, 5.74) is 0.596. The molecule has 0 aliphatic carbocycles. The number of carbonyl (C=O) groups is 3. The molecule has 1 aromatic carbocycles. The summed E-state index contributed by atoms with van der Waals surface area (Å²) >= 11 is 1.19. The Morgan fingerprint density at radius 3 is 2.57 bits per heavy atom. The lowest BCUT2D eigenvalue weighted by Gasteiger charge is -2.27. The molecule has 3 amide bonds. The number of carbonyl (C=O) groups excluding carboxylic acids is 3. The Balaban J connectivity index is 1.63. The lowest BCUT2D eigenvalue weighted by molar-refractivity contribution is -0.384. The number of rotatable bonds is 6. The van der Waals surface area contributed by atoms with Crippen molar-refractivity contribution in [1.29, 1.82) is 0 Å². The quantitative estimate of drug-likeness (QED) is 0.536. The number of thioether (sulfide) groups is 1. The molecule has 2 aliphatic heterocycles. The lowest BCUT2D eigenvalue weighted by Crippen LogP contribution is -2.44. The molecule has 0 bridgehead atoms.